The monoisotopic (exact) mass is 473 g/mol. The number of halogens is 1. The molecule has 1 amide bonds. The van der Waals surface area contributed by atoms with Crippen molar-refractivity contribution in [1.82, 2.24) is 9.78 Å². The summed E-state index contributed by atoms with van der Waals surface area (Å²) in [4.78, 5) is 13.0. The first-order chi connectivity index (χ1) is 16.3. The Morgan fingerprint density at radius 1 is 0.971 bits per heavy atom. The molecule has 34 heavy (non-hydrogen) atoms. The van der Waals surface area contributed by atoms with Crippen molar-refractivity contribution < 1.29 is 9.53 Å². The fourth-order valence-electron chi connectivity index (χ4n) is 3.94. The highest BCUT2D eigenvalue weighted by Gasteiger charge is 2.16. The predicted octanol–water partition coefficient (Wildman–Crippen LogP) is 6.65. The molecule has 6 heteroatoms. The van der Waals surface area contributed by atoms with Crippen molar-refractivity contribution in [3.63, 3.8) is 0 Å². The molecule has 4 rings (SSSR count). The standard InChI is InChI=1S/C28H28ClN3O2/c1-18-7-5-8-22(13-18)16-32-21(4)27(20(3)31-32)30-28(33)24-10-6-9-23(15-24)17-34-26-12-11-25(29)14-19(26)2/h5-15H,16-17H2,1-4H3,(H,30,33). The second-order valence-electron chi connectivity index (χ2n) is 8.55. The van der Waals surface area contributed by atoms with Crippen LogP contribution in [0.4, 0.5) is 5.69 Å². The lowest BCUT2D eigenvalue weighted by atomic mass is 10.1. The largest absolute Gasteiger partial charge is 0.489 e. The van der Waals surface area contributed by atoms with E-state index in [0.29, 0.717) is 23.7 Å². The Kier molecular flexibility index (Phi) is 7.03. The van der Waals surface area contributed by atoms with Crippen LogP contribution in [0.2, 0.25) is 5.02 Å². The highest BCUT2D eigenvalue weighted by atomic mass is 35.5. The van der Waals surface area contributed by atoms with E-state index in [-0.39, 0.29) is 5.91 Å². The lowest BCUT2D eigenvalue weighted by molar-refractivity contribution is 0.102. The number of carbonyl (C=O) groups excluding carboxylic acids is 1. The van der Waals surface area contributed by atoms with Crippen LogP contribution in [0.15, 0.2) is 66.7 Å². The summed E-state index contributed by atoms with van der Waals surface area (Å²) >= 11 is 6.02. The molecule has 174 valence electrons. The second-order valence-corrected chi connectivity index (χ2v) is 8.98. The molecule has 0 saturated carbocycles. The molecule has 5 nitrogen and oxygen atoms in total. The molecule has 1 N–H and O–H groups in total. The third kappa shape index (κ3) is 5.49. The summed E-state index contributed by atoms with van der Waals surface area (Å²) in [7, 11) is 0. The summed E-state index contributed by atoms with van der Waals surface area (Å²) in [5.74, 6) is 0.595. The van der Waals surface area contributed by atoms with E-state index in [2.05, 4.69) is 35.5 Å². The van der Waals surface area contributed by atoms with Gasteiger partial charge in [-0.15, -0.1) is 0 Å². The minimum absolute atomic E-state index is 0.175. The molecule has 0 unspecified atom stereocenters. The van der Waals surface area contributed by atoms with Gasteiger partial charge in [-0.2, -0.15) is 5.10 Å². The molecule has 0 atom stereocenters. The van der Waals surface area contributed by atoms with Gasteiger partial charge in [0.25, 0.3) is 5.91 Å². The zero-order valence-electron chi connectivity index (χ0n) is 19.9. The van der Waals surface area contributed by atoms with E-state index in [1.807, 2.05) is 61.9 Å². The van der Waals surface area contributed by atoms with Crippen LogP contribution < -0.4 is 10.1 Å². The summed E-state index contributed by atoms with van der Waals surface area (Å²) < 4.78 is 7.86. The number of ether oxygens (including phenoxy) is 1. The third-order valence-corrected chi connectivity index (χ3v) is 5.99. The van der Waals surface area contributed by atoms with Gasteiger partial charge in [0.2, 0.25) is 0 Å². The number of amides is 1. The third-order valence-electron chi connectivity index (χ3n) is 5.76. The average Bonchev–Trinajstić information content (AvgIpc) is 3.06. The number of aromatic nitrogens is 2. The summed E-state index contributed by atoms with van der Waals surface area (Å²) in [6, 6.07) is 21.3. The number of benzene rings is 3. The Balaban J connectivity index is 1.46. The van der Waals surface area contributed by atoms with Gasteiger partial charge in [0.05, 0.1) is 23.6 Å². The van der Waals surface area contributed by atoms with Crippen molar-refractivity contribution in [1.29, 1.82) is 0 Å². The van der Waals surface area contributed by atoms with Crippen LogP contribution in [0.5, 0.6) is 5.75 Å². The van der Waals surface area contributed by atoms with Crippen LogP contribution in [-0.4, -0.2) is 15.7 Å². The quantitative estimate of drug-likeness (QED) is 0.327. The molecule has 0 bridgehead atoms. The van der Waals surface area contributed by atoms with Crippen molar-refractivity contribution in [3.05, 3.63) is 111 Å². The van der Waals surface area contributed by atoms with Gasteiger partial charge in [0, 0.05) is 10.6 Å². The van der Waals surface area contributed by atoms with E-state index in [4.69, 9.17) is 16.3 Å². The molecular formula is C28H28ClN3O2. The summed E-state index contributed by atoms with van der Waals surface area (Å²) in [6.07, 6.45) is 0. The Morgan fingerprint density at radius 2 is 1.74 bits per heavy atom. The highest BCUT2D eigenvalue weighted by Crippen LogP contribution is 2.24. The topological polar surface area (TPSA) is 56.2 Å². The average molecular weight is 474 g/mol. The van der Waals surface area contributed by atoms with Gasteiger partial charge >= 0.3 is 0 Å². The van der Waals surface area contributed by atoms with Gasteiger partial charge in [0.1, 0.15) is 12.4 Å². The second kappa shape index (κ2) is 10.1. The van der Waals surface area contributed by atoms with Gasteiger partial charge in [-0.1, -0.05) is 53.6 Å². The summed E-state index contributed by atoms with van der Waals surface area (Å²) in [6.45, 7) is 8.93. The van der Waals surface area contributed by atoms with Gasteiger partial charge in [-0.3, -0.25) is 9.48 Å². The number of hydrogen-bond donors (Lipinski definition) is 1. The predicted molar refractivity (Wildman–Crippen MR) is 137 cm³/mol. The molecule has 3 aromatic carbocycles. The molecule has 0 radical (unpaired) electrons. The maximum absolute atomic E-state index is 13.0. The first-order valence-electron chi connectivity index (χ1n) is 11.2. The van der Waals surface area contributed by atoms with Crippen LogP contribution in [0.25, 0.3) is 0 Å². The Hall–Kier alpha value is -3.57. The summed E-state index contributed by atoms with van der Waals surface area (Å²) in [5.41, 5.74) is 7.28. The fraction of sp³-hybridized carbons (Fsp3) is 0.214. The molecule has 4 aromatic rings. The zero-order valence-corrected chi connectivity index (χ0v) is 20.6. The minimum Gasteiger partial charge on any atom is -0.489 e. The number of nitrogens with zero attached hydrogens (tertiary/aromatic N) is 2. The smallest absolute Gasteiger partial charge is 0.255 e. The number of rotatable bonds is 7. The fourth-order valence-corrected chi connectivity index (χ4v) is 4.17. The molecule has 0 aliphatic rings. The van der Waals surface area contributed by atoms with E-state index < -0.39 is 0 Å². The lowest BCUT2D eigenvalue weighted by Crippen LogP contribution is -2.14. The Labute approximate surface area is 205 Å². The highest BCUT2D eigenvalue weighted by molar-refractivity contribution is 6.30. The molecular weight excluding hydrogens is 446 g/mol. The van der Waals surface area contributed by atoms with Gasteiger partial charge in [-0.05, 0) is 74.7 Å². The molecule has 0 aliphatic heterocycles. The van der Waals surface area contributed by atoms with E-state index in [1.54, 1.807) is 12.1 Å². The van der Waals surface area contributed by atoms with Crippen molar-refractivity contribution in [3.8, 4) is 5.75 Å². The first kappa shape index (κ1) is 23.6. The van der Waals surface area contributed by atoms with Crippen molar-refractivity contribution in [2.24, 2.45) is 0 Å². The zero-order chi connectivity index (χ0) is 24.2. The van der Waals surface area contributed by atoms with E-state index in [9.17, 15) is 4.79 Å². The van der Waals surface area contributed by atoms with Crippen molar-refractivity contribution in [2.75, 3.05) is 5.32 Å². The normalized spacial score (nSPS) is 10.9. The SMILES string of the molecule is Cc1cccc(Cn2nc(C)c(NC(=O)c3cccc(COc4ccc(Cl)cc4C)c3)c2C)c1. The van der Waals surface area contributed by atoms with Crippen molar-refractivity contribution >= 4 is 23.2 Å². The van der Waals surface area contributed by atoms with Crippen LogP contribution in [0.1, 0.15) is 44.0 Å². The van der Waals surface area contributed by atoms with Crippen LogP contribution >= 0.6 is 11.6 Å². The lowest BCUT2D eigenvalue weighted by Gasteiger charge is -2.11. The van der Waals surface area contributed by atoms with E-state index in [0.717, 1.165) is 34.0 Å². The van der Waals surface area contributed by atoms with E-state index >= 15 is 0 Å². The molecule has 0 fully saturated rings. The van der Waals surface area contributed by atoms with Gasteiger partial charge in [0.15, 0.2) is 0 Å². The van der Waals surface area contributed by atoms with Crippen LogP contribution in [0.3, 0.4) is 0 Å². The number of carbonyl (C=O) groups is 1. The maximum Gasteiger partial charge on any atom is 0.255 e. The number of nitrogens with one attached hydrogen (secondary N) is 1. The van der Waals surface area contributed by atoms with Crippen LogP contribution in [0, 0.1) is 27.7 Å². The molecule has 1 heterocycles. The number of anilines is 1. The number of aryl methyl sites for hydroxylation is 3. The van der Waals surface area contributed by atoms with Crippen molar-refractivity contribution in [2.45, 2.75) is 40.8 Å². The Bertz CT molecular complexity index is 1340. The molecule has 1 aromatic heterocycles. The van der Waals surface area contributed by atoms with Crippen LogP contribution in [-0.2, 0) is 13.2 Å². The van der Waals surface area contributed by atoms with Gasteiger partial charge in [-0.25, -0.2) is 0 Å². The maximum atomic E-state index is 13.0. The summed E-state index contributed by atoms with van der Waals surface area (Å²) in [5, 5.41) is 8.38. The number of hydrogen-bond acceptors (Lipinski definition) is 3. The molecule has 0 spiro atoms. The molecule has 0 aliphatic carbocycles. The first-order valence-corrected chi connectivity index (χ1v) is 11.6. The Morgan fingerprint density at radius 3 is 2.50 bits per heavy atom. The molecule has 0 saturated heterocycles. The van der Waals surface area contributed by atoms with Gasteiger partial charge < -0.3 is 10.1 Å². The minimum atomic E-state index is -0.175. The van der Waals surface area contributed by atoms with E-state index in [1.165, 1.54) is 11.1 Å².